The lowest BCUT2D eigenvalue weighted by Crippen LogP contribution is -2.31. The molecule has 2 aromatic rings. The van der Waals surface area contributed by atoms with Crippen molar-refractivity contribution in [3.63, 3.8) is 0 Å². The summed E-state index contributed by atoms with van der Waals surface area (Å²) < 4.78 is 37.6. The standard InChI is InChI=1S/C23H31N3O6S/c1-6-26(7-2)33(29,30)21-13-17(11-12-20(21)31-5)22(27)24-18-9-8-10-19(14-18)25-23(28)32-15-16(3)4/h8-14,16H,6-7,15H2,1-5H3,(H,24,27)(H,25,28). The van der Waals surface area contributed by atoms with Crippen LogP contribution in [0.5, 0.6) is 5.75 Å². The molecule has 0 aromatic heterocycles. The zero-order valence-electron chi connectivity index (χ0n) is 19.5. The van der Waals surface area contributed by atoms with Gasteiger partial charge in [0, 0.05) is 30.0 Å². The second kappa shape index (κ2) is 11.7. The Hall–Kier alpha value is -3.11. The first-order valence-corrected chi connectivity index (χ1v) is 12.1. The first kappa shape index (κ1) is 26.1. The van der Waals surface area contributed by atoms with Gasteiger partial charge in [-0.05, 0) is 42.3 Å². The fourth-order valence-electron chi connectivity index (χ4n) is 3.00. The minimum atomic E-state index is -3.84. The van der Waals surface area contributed by atoms with Gasteiger partial charge in [0.1, 0.15) is 10.6 Å². The highest BCUT2D eigenvalue weighted by Gasteiger charge is 2.26. The molecule has 9 nitrogen and oxygen atoms in total. The Bertz CT molecular complexity index is 1080. The van der Waals surface area contributed by atoms with Crippen LogP contribution in [-0.4, -0.2) is 51.5 Å². The number of rotatable bonds is 10. The zero-order chi connectivity index (χ0) is 24.6. The third-order valence-electron chi connectivity index (χ3n) is 4.66. The Morgan fingerprint density at radius 3 is 2.21 bits per heavy atom. The van der Waals surface area contributed by atoms with E-state index in [4.69, 9.17) is 9.47 Å². The molecule has 0 heterocycles. The van der Waals surface area contributed by atoms with Crippen molar-refractivity contribution < 1.29 is 27.5 Å². The number of sulfonamides is 1. The van der Waals surface area contributed by atoms with Crippen LogP contribution in [0, 0.1) is 5.92 Å². The van der Waals surface area contributed by atoms with Gasteiger partial charge >= 0.3 is 6.09 Å². The Balaban J connectivity index is 2.23. The molecule has 0 saturated heterocycles. The van der Waals surface area contributed by atoms with Gasteiger partial charge in [-0.25, -0.2) is 13.2 Å². The Morgan fingerprint density at radius 2 is 1.64 bits per heavy atom. The van der Waals surface area contributed by atoms with E-state index in [1.54, 1.807) is 38.1 Å². The molecule has 0 aliphatic heterocycles. The number of benzene rings is 2. The van der Waals surface area contributed by atoms with Crippen molar-refractivity contribution in [3.05, 3.63) is 48.0 Å². The summed E-state index contributed by atoms with van der Waals surface area (Å²) in [5.74, 6) is -0.140. The summed E-state index contributed by atoms with van der Waals surface area (Å²) in [5, 5.41) is 5.32. The minimum absolute atomic E-state index is 0.0790. The number of carbonyl (C=O) groups is 2. The molecule has 33 heavy (non-hydrogen) atoms. The van der Waals surface area contributed by atoms with E-state index in [1.807, 2.05) is 13.8 Å². The van der Waals surface area contributed by atoms with Crippen molar-refractivity contribution in [2.24, 2.45) is 5.92 Å². The van der Waals surface area contributed by atoms with Gasteiger partial charge in [0.2, 0.25) is 10.0 Å². The highest BCUT2D eigenvalue weighted by atomic mass is 32.2. The maximum atomic E-state index is 13.0. The van der Waals surface area contributed by atoms with Crippen molar-refractivity contribution in [1.29, 1.82) is 0 Å². The maximum absolute atomic E-state index is 13.0. The third kappa shape index (κ3) is 6.93. The molecule has 0 saturated carbocycles. The third-order valence-corrected chi connectivity index (χ3v) is 6.73. The summed E-state index contributed by atoms with van der Waals surface area (Å²) in [6.07, 6.45) is -0.589. The number of methoxy groups -OCH3 is 1. The number of carbonyl (C=O) groups excluding carboxylic acids is 2. The second-order valence-corrected chi connectivity index (χ2v) is 9.51. The van der Waals surface area contributed by atoms with E-state index in [9.17, 15) is 18.0 Å². The van der Waals surface area contributed by atoms with E-state index in [-0.39, 0.29) is 35.2 Å². The summed E-state index contributed by atoms with van der Waals surface area (Å²) >= 11 is 0. The lowest BCUT2D eigenvalue weighted by Gasteiger charge is -2.20. The number of hydrogen-bond donors (Lipinski definition) is 2. The van der Waals surface area contributed by atoms with Gasteiger partial charge in [-0.15, -0.1) is 0 Å². The van der Waals surface area contributed by atoms with Crippen LogP contribution in [0.4, 0.5) is 16.2 Å². The smallest absolute Gasteiger partial charge is 0.411 e. The fraction of sp³-hybridized carbons (Fsp3) is 0.391. The van der Waals surface area contributed by atoms with Crippen LogP contribution in [-0.2, 0) is 14.8 Å². The van der Waals surface area contributed by atoms with Crippen LogP contribution in [0.1, 0.15) is 38.1 Å². The highest BCUT2D eigenvalue weighted by Crippen LogP contribution is 2.28. The molecule has 0 unspecified atom stereocenters. The summed E-state index contributed by atoms with van der Waals surface area (Å²) in [6, 6.07) is 10.8. The molecule has 0 aliphatic carbocycles. The average molecular weight is 478 g/mol. The number of anilines is 2. The molecule has 0 spiro atoms. The fourth-order valence-corrected chi connectivity index (χ4v) is 4.64. The average Bonchev–Trinajstić information content (AvgIpc) is 2.78. The van der Waals surface area contributed by atoms with Gasteiger partial charge in [0.25, 0.3) is 5.91 Å². The van der Waals surface area contributed by atoms with Crippen molar-refractivity contribution in [3.8, 4) is 5.75 Å². The number of hydrogen-bond acceptors (Lipinski definition) is 6. The number of nitrogens with one attached hydrogen (secondary N) is 2. The highest BCUT2D eigenvalue weighted by molar-refractivity contribution is 7.89. The van der Waals surface area contributed by atoms with Crippen LogP contribution in [0.25, 0.3) is 0 Å². The maximum Gasteiger partial charge on any atom is 0.411 e. The number of amides is 2. The molecule has 0 aliphatic rings. The quantitative estimate of drug-likeness (QED) is 0.531. The molecule has 0 radical (unpaired) electrons. The van der Waals surface area contributed by atoms with Gasteiger partial charge in [-0.1, -0.05) is 33.8 Å². The Morgan fingerprint density at radius 1 is 1.00 bits per heavy atom. The lowest BCUT2D eigenvalue weighted by atomic mass is 10.2. The largest absolute Gasteiger partial charge is 0.495 e. The Kier molecular flexibility index (Phi) is 9.24. The SMILES string of the molecule is CCN(CC)S(=O)(=O)c1cc(C(=O)Nc2cccc(NC(=O)OCC(C)C)c2)ccc1OC. The molecule has 2 amide bonds. The molecule has 180 valence electrons. The Labute approximate surface area is 195 Å². The second-order valence-electron chi connectivity index (χ2n) is 7.61. The molecule has 0 atom stereocenters. The summed E-state index contributed by atoms with van der Waals surface area (Å²) in [7, 11) is -2.46. The van der Waals surface area contributed by atoms with Gasteiger partial charge in [0.15, 0.2) is 0 Å². The summed E-state index contributed by atoms with van der Waals surface area (Å²) in [5.41, 5.74) is 1.02. The van der Waals surface area contributed by atoms with Crippen LogP contribution < -0.4 is 15.4 Å². The molecular formula is C23H31N3O6S. The zero-order valence-corrected chi connectivity index (χ0v) is 20.4. The van der Waals surface area contributed by atoms with E-state index in [1.165, 1.54) is 29.6 Å². The van der Waals surface area contributed by atoms with Crippen LogP contribution in [0.15, 0.2) is 47.4 Å². The molecule has 0 fully saturated rings. The number of nitrogens with zero attached hydrogens (tertiary/aromatic N) is 1. The topological polar surface area (TPSA) is 114 Å². The molecule has 2 N–H and O–H groups in total. The molecule has 2 aromatic carbocycles. The van der Waals surface area contributed by atoms with E-state index in [2.05, 4.69) is 10.6 Å². The van der Waals surface area contributed by atoms with E-state index in [0.29, 0.717) is 18.0 Å². The molecule has 2 rings (SSSR count). The molecule has 0 bridgehead atoms. The summed E-state index contributed by atoms with van der Waals surface area (Å²) in [6.45, 7) is 8.21. The predicted octanol–water partition coefficient (Wildman–Crippen LogP) is 4.18. The van der Waals surface area contributed by atoms with Gasteiger partial charge in [-0.2, -0.15) is 4.31 Å². The predicted molar refractivity (Wildman–Crippen MR) is 127 cm³/mol. The summed E-state index contributed by atoms with van der Waals surface area (Å²) in [4.78, 5) is 24.6. The monoisotopic (exact) mass is 477 g/mol. The first-order chi connectivity index (χ1) is 15.6. The molecule has 10 heteroatoms. The normalized spacial score (nSPS) is 11.4. The van der Waals surface area contributed by atoms with Gasteiger partial charge in [-0.3, -0.25) is 10.1 Å². The van der Waals surface area contributed by atoms with Crippen molar-refractivity contribution in [2.45, 2.75) is 32.6 Å². The van der Waals surface area contributed by atoms with E-state index >= 15 is 0 Å². The van der Waals surface area contributed by atoms with Crippen molar-refractivity contribution >= 4 is 33.4 Å². The van der Waals surface area contributed by atoms with Gasteiger partial charge in [0.05, 0.1) is 13.7 Å². The first-order valence-electron chi connectivity index (χ1n) is 10.7. The van der Waals surface area contributed by atoms with Crippen LogP contribution in [0.2, 0.25) is 0 Å². The van der Waals surface area contributed by atoms with E-state index in [0.717, 1.165) is 0 Å². The number of ether oxygens (including phenoxy) is 2. The molecular weight excluding hydrogens is 446 g/mol. The van der Waals surface area contributed by atoms with Crippen LogP contribution >= 0.6 is 0 Å². The van der Waals surface area contributed by atoms with Crippen molar-refractivity contribution in [1.82, 2.24) is 4.31 Å². The minimum Gasteiger partial charge on any atom is -0.495 e. The van der Waals surface area contributed by atoms with Gasteiger partial charge < -0.3 is 14.8 Å². The van der Waals surface area contributed by atoms with E-state index < -0.39 is 22.0 Å². The van der Waals surface area contributed by atoms with Crippen LogP contribution in [0.3, 0.4) is 0 Å². The van der Waals surface area contributed by atoms with Crippen molar-refractivity contribution in [2.75, 3.05) is 37.4 Å². The lowest BCUT2D eigenvalue weighted by molar-refractivity contribution is 0.102.